The number of carbonyl (C=O) groups is 1. The molecule has 0 fully saturated rings. The average molecular weight is 222 g/mol. The van der Waals surface area contributed by atoms with E-state index in [9.17, 15) is 4.79 Å². The third-order valence-electron chi connectivity index (χ3n) is 2.64. The van der Waals surface area contributed by atoms with E-state index >= 15 is 0 Å². The van der Waals surface area contributed by atoms with Crippen molar-refractivity contribution in [2.45, 2.75) is 25.7 Å². The van der Waals surface area contributed by atoms with E-state index in [2.05, 4.69) is 14.7 Å². The maximum atomic E-state index is 11.0. The Bertz CT molecular complexity index is 393. The zero-order valence-corrected chi connectivity index (χ0v) is 9.23. The summed E-state index contributed by atoms with van der Waals surface area (Å²) in [5.74, 6) is 0.123. The summed E-state index contributed by atoms with van der Waals surface area (Å²) in [5.41, 5.74) is 2.08. The zero-order valence-electron chi connectivity index (χ0n) is 9.23. The molecular weight excluding hydrogens is 208 g/mol. The van der Waals surface area contributed by atoms with E-state index in [0.29, 0.717) is 5.88 Å². The van der Waals surface area contributed by atoms with Crippen molar-refractivity contribution in [3.63, 3.8) is 0 Å². The van der Waals surface area contributed by atoms with Gasteiger partial charge in [0, 0.05) is 5.56 Å². The van der Waals surface area contributed by atoms with Crippen molar-refractivity contribution in [1.82, 2.24) is 9.97 Å². The van der Waals surface area contributed by atoms with Gasteiger partial charge in [0.05, 0.1) is 12.8 Å². The van der Waals surface area contributed by atoms with Gasteiger partial charge in [-0.1, -0.05) is 0 Å². The predicted molar refractivity (Wildman–Crippen MR) is 56.2 cm³/mol. The fourth-order valence-electron chi connectivity index (χ4n) is 1.80. The van der Waals surface area contributed by atoms with Crippen LogP contribution in [-0.2, 0) is 22.4 Å². The molecule has 1 aromatic heterocycles. The van der Waals surface area contributed by atoms with Crippen LogP contribution in [0.2, 0.25) is 0 Å². The van der Waals surface area contributed by atoms with Gasteiger partial charge in [0.25, 0.3) is 0 Å². The second-order valence-corrected chi connectivity index (χ2v) is 3.68. The van der Waals surface area contributed by atoms with E-state index in [0.717, 1.165) is 36.9 Å². The molecule has 0 aliphatic heterocycles. The first-order chi connectivity index (χ1) is 7.81. The largest absolute Gasteiger partial charge is 0.466 e. The number of ether oxygens (including phenoxy) is 2. The van der Waals surface area contributed by atoms with Gasteiger partial charge in [-0.15, -0.1) is 0 Å². The maximum Gasteiger partial charge on any atom is 0.343 e. The molecule has 0 radical (unpaired) electrons. The molecule has 0 atom stereocenters. The van der Waals surface area contributed by atoms with E-state index in [4.69, 9.17) is 4.74 Å². The Hall–Kier alpha value is -1.65. The van der Waals surface area contributed by atoms with Crippen LogP contribution in [0.25, 0.3) is 0 Å². The van der Waals surface area contributed by atoms with E-state index in [-0.39, 0.29) is 6.61 Å². The minimum Gasteiger partial charge on any atom is -0.466 e. The standard InChI is InChI=1S/C11H14N2O3/c1-15-10(14)6-16-11-8-4-2-3-5-9(8)12-7-13-11/h7H,2-6H2,1H3. The maximum absolute atomic E-state index is 11.0. The minimum absolute atomic E-state index is 0.0973. The molecule has 5 heteroatoms. The Kier molecular flexibility index (Phi) is 3.34. The van der Waals surface area contributed by atoms with Crippen molar-refractivity contribution < 1.29 is 14.3 Å². The van der Waals surface area contributed by atoms with E-state index in [1.165, 1.54) is 13.4 Å². The van der Waals surface area contributed by atoms with Gasteiger partial charge in [0.15, 0.2) is 6.61 Å². The number of methoxy groups -OCH3 is 1. The molecule has 2 rings (SSSR count). The molecule has 16 heavy (non-hydrogen) atoms. The monoisotopic (exact) mass is 222 g/mol. The summed E-state index contributed by atoms with van der Waals surface area (Å²) in [5, 5.41) is 0. The quantitative estimate of drug-likeness (QED) is 0.711. The van der Waals surface area contributed by atoms with Crippen molar-refractivity contribution in [3.8, 4) is 5.88 Å². The van der Waals surface area contributed by atoms with Gasteiger partial charge in [-0.3, -0.25) is 0 Å². The lowest BCUT2D eigenvalue weighted by molar-refractivity contribution is -0.143. The van der Waals surface area contributed by atoms with Gasteiger partial charge < -0.3 is 9.47 Å². The van der Waals surface area contributed by atoms with Crippen LogP contribution in [0.3, 0.4) is 0 Å². The molecule has 0 aromatic carbocycles. The summed E-state index contributed by atoms with van der Waals surface area (Å²) in [7, 11) is 1.33. The van der Waals surface area contributed by atoms with Crippen molar-refractivity contribution >= 4 is 5.97 Å². The SMILES string of the molecule is COC(=O)COc1ncnc2c1CCCC2. The highest BCUT2D eigenvalue weighted by Crippen LogP contribution is 2.25. The van der Waals surface area contributed by atoms with Gasteiger partial charge in [0.1, 0.15) is 6.33 Å². The highest BCUT2D eigenvalue weighted by molar-refractivity contribution is 5.70. The normalized spacial score (nSPS) is 14.1. The third-order valence-corrected chi connectivity index (χ3v) is 2.64. The van der Waals surface area contributed by atoms with Crippen LogP contribution >= 0.6 is 0 Å². The predicted octanol–water partition coefficient (Wildman–Crippen LogP) is 0.907. The summed E-state index contributed by atoms with van der Waals surface area (Å²) >= 11 is 0. The summed E-state index contributed by atoms with van der Waals surface area (Å²) in [4.78, 5) is 19.2. The van der Waals surface area contributed by atoms with Gasteiger partial charge in [-0.2, -0.15) is 0 Å². The van der Waals surface area contributed by atoms with Crippen molar-refractivity contribution in [2.24, 2.45) is 0 Å². The third kappa shape index (κ3) is 2.29. The molecule has 1 heterocycles. The number of aromatic nitrogens is 2. The van der Waals surface area contributed by atoms with E-state index < -0.39 is 5.97 Å². The minimum atomic E-state index is -0.400. The Morgan fingerprint density at radius 3 is 3.00 bits per heavy atom. The fourth-order valence-corrected chi connectivity index (χ4v) is 1.80. The molecule has 86 valence electrons. The van der Waals surface area contributed by atoms with Gasteiger partial charge in [-0.05, 0) is 25.7 Å². The van der Waals surface area contributed by atoms with Crippen LogP contribution in [0.4, 0.5) is 0 Å². The van der Waals surface area contributed by atoms with Gasteiger partial charge in [0.2, 0.25) is 5.88 Å². The summed E-state index contributed by atoms with van der Waals surface area (Å²) in [6, 6.07) is 0. The van der Waals surface area contributed by atoms with Gasteiger partial charge >= 0.3 is 5.97 Å². The molecule has 5 nitrogen and oxygen atoms in total. The molecule has 0 N–H and O–H groups in total. The smallest absolute Gasteiger partial charge is 0.343 e. The lowest BCUT2D eigenvalue weighted by Gasteiger charge is -2.16. The van der Waals surface area contributed by atoms with E-state index in [1.807, 2.05) is 0 Å². The Morgan fingerprint density at radius 2 is 2.19 bits per heavy atom. The number of hydrogen-bond donors (Lipinski definition) is 0. The van der Waals surface area contributed by atoms with Crippen molar-refractivity contribution in [3.05, 3.63) is 17.6 Å². The van der Waals surface area contributed by atoms with Crippen LogP contribution in [0.15, 0.2) is 6.33 Å². The number of nitrogens with zero attached hydrogens (tertiary/aromatic N) is 2. The molecule has 0 unspecified atom stereocenters. The first kappa shape index (κ1) is 10.9. The fraction of sp³-hybridized carbons (Fsp3) is 0.545. The summed E-state index contributed by atoms with van der Waals surface area (Å²) in [6.07, 6.45) is 5.64. The number of fused-ring (bicyclic) bond motifs is 1. The van der Waals surface area contributed by atoms with Crippen LogP contribution in [0.1, 0.15) is 24.1 Å². The van der Waals surface area contributed by atoms with Gasteiger partial charge in [-0.25, -0.2) is 14.8 Å². The molecule has 0 saturated carbocycles. The number of hydrogen-bond acceptors (Lipinski definition) is 5. The molecule has 0 amide bonds. The first-order valence-corrected chi connectivity index (χ1v) is 5.33. The second-order valence-electron chi connectivity index (χ2n) is 3.68. The lowest BCUT2D eigenvalue weighted by Crippen LogP contribution is -2.16. The Labute approximate surface area is 93.8 Å². The molecule has 0 bridgehead atoms. The molecule has 1 aromatic rings. The lowest BCUT2D eigenvalue weighted by atomic mass is 9.97. The molecule has 1 aliphatic carbocycles. The van der Waals surface area contributed by atoms with Crippen molar-refractivity contribution in [1.29, 1.82) is 0 Å². The van der Waals surface area contributed by atoms with Crippen LogP contribution in [-0.4, -0.2) is 29.7 Å². The highest BCUT2D eigenvalue weighted by atomic mass is 16.6. The molecule has 0 spiro atoms. The Balaban J connectivity index is 2.11. The first-order valence-electron chi connectivity index (χ1n) is 5.33. The molecule has 0 saturated heterocycles. The van der Waals surface area contributed by atoms with Crippen LogP contribution in [0.5, 0.6) is 5.88 Å². The van der Waals surface area contributed by atoms with E-state index in [1.54, 1.807) is 0 Å². The molecule has 1 aliphatic rings. The summed E-state index contributed by atoms with van der Waals surface area (Å²) in [6.45, 7) is -0.0973. The average Bonchev–Trinajstić information content (AvgIpc) is 2.35. The number of aryl methyl sites for hydroxylation is 1. The number of esters is 1. The van der Waals surface area contributed by atoms with Crippen LogP contribution in [0, 0.1) is 0 Å². The second kappa shape index (κ2) is 4.92. The highest BCUT2D eigenvalue weighted by Gasteiger charge is 2.17. The number of carbonyl (C=O) groups excluding carboxylic acids is 1. The number of rotatable bonds is 3. The zero-order chi connectivity index (χ0) is 11.4. The van der Waals surface area contributed by atoms with Crippen molar-refractivity contribution in [2.75, 3.05) is 13.7 Å². The molecular formula is C11H14N2O3. The van der Waals surface area contributed by atoms with Crippen LogP contribution < -0.4 is 4.74 Å². The Morgan fingerprint density at radius 1 is 1.38 bits per heavy atom. The topological polar surface area (TPSA) is 61.3 Å². The summed E-state index contributed by atoms with van der Waals surface area (Å²) < 4.78 is 9.84.